The van der Waals surface area contributed by atoms with Crippen LogP contribution < -0.4 is 10.6 Å². The van der Waals surface area contributed by atoms with Crippen LogP contribution in [0.3, 0.4) is 0 Å². The van der Waals surface area contributed by atoms with Crippen LogP contribution in [0.4, 0.5) is 10.5 Å². The molecule has 0 aliphatic heterocycles. The smallest absolute Gasteiger partial charge is 0.408 e. The lowest BCUT2D eigenvalue weighted by Crippen LogP contribution is -2.54. The van der Waals surface area contributed by atoms with Gasteiger partial charge in [0.05, 0.1) is 0 Å². The van der Waals surface area contributed by atoms with E-state index in [1.807, 2.05) is 75.4 Å². The fraction of sp³-hybridized carbons (Fsp3) is 0.500. The first kappa shape index (κ1) is 29.9. The Hall–Kier alpha value is -3.35. The molecule has 0 heterocycles. The molecule has 0 aromatic heterocycles. The predicted octanol–water partition coefficient (Wildman–Crippen LogP) is 6.24. The number of carbonyl (C=O) groups is 3. The van der Waals surface area contributed by atoms with Gasteiger partial charge >= 0.3 is 6.09 Å². The molecule has 0 radical (unpaired) electrons. The average molecular weight is 510 g/mol. The summed E-state index contributed by atoms with van der Waals surface area (Å²) in [5, 5.41) is 5.79. The van der Waals surface area contributed by atoms with Crippen molar-refractivity contribution >= 4 is 23.6 Å². The third-order valence-corrected chi connectivity index (χ3v) is 5.97. The standard InChI is InChI=1S/C30H43N3O4/c1-8-9-15-20-33(28(35)25(21(2)3)32-29(36)37-30(5,6)7)26(23-17-11-10-12-18-23)27(34)31-24-19-14-13-16-22(24)4/h10-14,16-19,21,25-26H,8-9,15,20H2,1-7H3,(H,31,34)(H,32,36). The van der Waals surface area contributed by atoms with E-state index < -0.39 is 23.8 Å². The second-order valence-electron chi connectivity index (χ2n) is 10.7. The summed E-state index contributed by atoms with van der Waals surface area (Å²) in [7, 11) is 0. The number of ether oxygens (including phenoxy) is 1. The molecular weight excluding hydrogens is 466 g/mol. The zero-order chi connectivity index (χ0) is 27.6. The number of para-hydroxylation sites is 1. The van der Waals surface area contributed by atoms with Gasteiger partial charge in [0.15, 0.2) is 0 Å². The first-order chi connectivity index (χ1) is 17.4. The Bertz CT molecular complexity index is 1030. The number of amides is 3. The lowest BCUT2D eigenvalue weighted by Gasteiger charge is -2.35. The minimum atomic E-state index is -0.869. The molecule has 202 valence electrons. The van der Waals surface area contributed by atoms with E-state index in [-0.39, 0.29) is 17.7 Å². The van der Waals surface area contributed by atoms with Crippen LogP contribution in [0.1, 0.15) is 78.0 Å². The minimum absolute atomic E-state index is 0.218. The maximum atomic E-state index is 14.1. The molecule has 37 heavy (non-hydrogen) atoms. The molecule has 2 N–H and O–H groups in total. The minimum Gasteiger partial charge on any atom is -0.444 e. The van der Waals surface area contributed by atoms with E-state index in [4.69, 9.17) is 4.74 Å². The summed E-state index contributed by atoms with van der Waals surface area (Å²) in [6.07, 6.45) is 1.96. The Morgan fingerprint density at radius 3 is 2.14 bits per heavy atom. The van der Waals surface area contributed by atoms with E-state index in [1.54, 1.807) is 25.7 Å². The van der Waals surface area contributed by atoms with E-state index in [1.165, 1.54) is 0 Å². The second-order valence-corrected chi connectivity index (χ2v) is 10.7. The van der Waals surface area contributed by atoms with Crippen LogP contribution in [-0.2, 0) is 14.3 Å². The zero-order valence-corrected chi connectivity index (χ0v) is 23.3. The van der Waals surface area contributed by atoms with Gasteiger partial charge in [0, 0.05) is 12.2 Å². The van der Waals surface area contributed by atoms with Crippen molar-refractivity contribution in [1.29, 1.82) is 0 Å². The number of nitrogens with one attached hydrogen (secondary N) is 2. The fourth-order valence-corrected chi connectivity index (χ4v) is 4.05. The number of hydrogen-bond acceptors (Lipinski definition) is 4. The Labute approximate surface area is 222 Å². The second kappa shape index (κ2) is 13.8. The molecule has 2 unspecified atom stereocenters. The van der Waals surface area contributed by atoms with Crippen LogP contribution in [-0.4, -0.2) is 41.0 Å². The van der Waals surface area contributed by atoms with Crippen molar-refractivity contribution in [3.8, 4) is 0 Å². The number of anilines is 1. The zero-order valence-electron chi connectivity index (χ0n) is 23.3. The third kappa shape index (κ3) is 9.23. The number of benzene rings is 2. The molecule has 0 fully saturated rings. The molecule has 3 amide bonds. The molecule has 2 rings (SSSR count). The highest BCUT2D eigenvalue weighted by Gasteiger charge is 2.37. The van der Waals surface area contributed by atoms with E-state index >= 15 is 0 Å². The maximum Gasteiger partial charge on any atom is 0.408 e. The van der Waals surface area contributed by atoms with E-state index in [9.17, 15) is 14.4 Å². The molecule has 0 aliphatic carbocycles. The molecule has 2 aromatic carbocycles. The van der Waals surface area contributed by atoms with Crippen molar-refractivity contribution in [3.05, 3.63) is 65.7 Å². The van der Waals surface area contributed by atoms with Crippen molar-refractivity contribution < 1.29 is 19.1 Å². The summed E-state index contributed by atoms with van der Waals surface area (Å²) in [5.41, 5.74) is 1.63. The number of nitrogens with zero attached hydrogens (tertiary/aromatic N) is 1. The van der Waals surface area contributed by atoms with Gasteiger partial charge in [-0.25, -0.2) is 4.79 Å². The lowest BCUT2D eigenvalue weighted by atomic mass is 9.98. The third-order valence-electron chi connectivity index (χ3n) is 5.97. The molecule has 7 nitrogen and oxygen atoms in total. The monoisotopic (exact) mass is 509 g/mol. The highest BCUT2D eigenvalue weighted by molar-refractivity contribution is 5.99. The van der Waals surface area contributed by atoms with Gasteiger partial charge in [-0.1, -0.05) is 82.1 Å². The quantitative estimate of drug-likeness (QED) is 0.351. The first-order valence-electron chi connectivity index (χ1n) is 13.2. The summed E-state index contributed by atoms with van der Waals surface area (Å²) >= 11 is 0. The average Bonchev–Trinajstić information content (AvgIpc) is 2.82. The van der Waals surface area contributed by atoms with Gasteiger partial charge in [-0.15, -0.1) is 0 Å². The highest BCUT2D eigenvalue weighted by Crippen LogP contribution is 2.27. The van der Waals surface area contributed by atoms with Crippen molar-refractivity contribution in [2.45, 2.75) is 85.4 Å². The number of unbranched alkanes of at least 4 members (excludes halogenated alkanes) is 2. The molecule has 0 saturated carbocycles. The summed E-state index contributed by atoms with van der Waals surface area (Å²) in [6, 6.07) is 15.1. The number of carbonyl (C=O) groups excluding carboxylic acids is 3. The largest absolute Gasteiger partial charge is 0.444 e. The fourth-order valence-electron chi connectivity index (χ4n) is 4.05. The maximum absolute atomic E-state index is 14.1. The molecule has 0 bridgehead atoms. The molecule has 0 saturated heterocycles. The molecule has 2 atom stereocenters. The van der Waals surface area contributed by atoms with Gasteiger partial charge in [-0.3, -0.25) is 9.59 Å². The van der Waals surface area contributed by atoms with Crippen LogP contribution in [0.15, 0.2) is 54.6 Å². The SMILES string of the molecule is CCCCCN(C(=O)C(NC(=O)OC(C)(C)C)C(C)C)C(C(=O)Nc1ccccc1C)c1ccccc1. The topological polar surface area (TPSA) is 87.7 Å². The molecule has 7 heteroatoms. The van der Waals surface area contributed by atoms with Crippen molar-refractivity contribution in [2.24, 2.45) is 5.92 Å². The number of hydrogen-bond donors (Lipinski definition) is 2. The lowest BCUT2D eigenvalue weighted by molar-refractivity contribution is -0.141. The number of aryl methyl sites for hydroxylation is 1. The van der Waals surface area contributed by atoms with Gasteiger partial charge in [0.1, 0.15) is 17.7 Å². The summed E-state index contributed by atoms with van der Waals surface area (Å²) in [6.45, 7) is 13.5. The van der Waals surface area contributed by atoms with Crippen LogP contribution in [0, 0.1) is 12.8 Å². The van der Waals surface area contributed by atoms with Crippen molar-refractivity contribution in [2.75, 3.05) is 11.9 Å². The first-order valence-corrected chi connectivity index (χ1v) is 13.2. The van der Waals surface area contributed by atoms with Gasteiger partial charge < -0.3 is 20.3 Å². The van der Waals surface area contributed by atoms with Crippen LogP contribution in [0.2, 0.25) is 0 Å². The molecule has 0 spiro atoms. The van der Waals surface area contributed by atoms with Crippen molar-refractivity contribution in [1.82, 2.24) is 10.2 Å². The van der Waals surface area contributed by atoms with Crippen LogP contribution in [0.5, 0.6) is 0 Å². The van der Waals surface area contributed by atoms with E-state index in [0.29, 0.717) is 17.8 Å². The normalized spacial score (nSPS) is 13.0. The molecular formula is C30H43N3O4. The van der Waals surface area contributed by atoms with E-state index in [2.05, 4.69) is 17.6 Å². The Morgan fingerprint density at radius 2 is 1.57 bits per heavy atom. The number of alkyl carbamates (subject to hydrolysis) is 1. The van der Waals surface area contributed by atoms with Gasteiger partial charge in [-0.05, 0) is 57.2 Å². The predicted molar refractivity (Wildman–Crippen MR) is 148 cm³/mol. The van der Waals surface area contributed by atoms with Crippen molar-refractivity contribution in [3.63, 3.8) is 0 Å². The van der Waals surface area contributed by atoms with Crippen LogP contribution in [0.25, 0.3) is 0 Å². The summed E-state index contributed by atoms with van der Waals surface area (Å²) < 4.78 is 5.43. The Kier molecular flexibility index (Phi) is 11.2. The Morgan fingerprint density at radius 1 is 0.946 bits per heavy atom. The van der Waals surface area contributed by atoms with Gasteiger partial charge in [0.2, 0.25) is 5.91 Å². The van der Waals surface area contributed by atoms with Crippen LogP contribution >= 0.6 is 0 Å². The summed E-state index contributed by atoms with van der Waals surface area (Å²) in [4.78, 5) is 42.2. The molecule has 2 aromatic rings. The number of rotatable bonds is 11. The summed E-state index contributed by atoms with van der Waals surface area (Å²) in [5.74, 6) is -0.833. The van der Waals surface area contributed by atoms with Gasteiger partial charge in [-0.2, -0.15) is 0 Å². The molecule has 0 aliphatic rings. The Balaban J connectivity index is 2.48. The van der Waals surface area contributed by atoms with Gasteiger partial charge in [0.25, 0.3) is 5.91 Å². The van der Waals surface area contributed by atoms with E-state index in [0.717, 1.165) is 24.8 Å². The highest BCUT2D eigenvalue weighted by atomic mass is 16.6.